The Kier molecular flexibility index (Phi) is 3.06. The zero-order chi connectivity index (χ0) is 14.2. The summed E-state index contributed by atoms with van der Waals surface area (Å²) >= 11 is 0. The molecule has 1 aromatic heterocycles. The number of carbonyl (C=O) groups is 1. The number of aromatic nitrogens is 1. The summed E-state index contributed by atoms with van der Waals surface area (Å²) in [5, 5.41) is 19.4. The summed E-state index contributed by atoms with van der Waals surface area (Å²) in [6, 6.07) is 8.97. The Morgan fingerprint density at radius 1 is 1.35 bits per heavy atom. The number of carboxylic acids is 1. The molecule has 0 radical (unpaired) electrons. The average Bonchev–Trinajstić information content (AvgIpc) is 2.41. The van der Waals surface area contributed by atoms with Crippen molar-refractivity contribution in [1.82, 2.24) is 4.98 Å². The molecule has 0 amide bonds. The Morgan fingerprint density at radius 3 is 2.70 bits per heavy atom. The first kappa shape index (κ1) is 12.9. The molecule has 0 unspecified atom stereocenters. The van der Waals surface area contributed by atoms with E-state index in [-0.39, 0.29) is 6.61 Å². The van der Waals surface area contributed by atoms with Crippen molar-refractivity contribution in [2.24, 2.45) is 0 Å². The van der Waals surface area contributed by atoms with E-state index >= 15 is 0 Å². The van der Waals surface area contributed by atoms with Gasteiger partial charge in [-0.15, -0.1) is 0 Å². The van der Waals surface area contributed by atoms with Crippen molar-refractivity contribution in [3.05, 3.63) is 36.0 Å². The van der Waals surface area contributed by atoms with Crippen molar-refractivity contribution in [1.29, 1.82) is 0 Å². The summed E-state index contributed by atoms with van der Waals surface area (Å²) in [5.41, 5.74) is 0.0316. The van der Waals surface area contributed by atoms with Crippen LogP contribution >= 0.6 is 0 Å². The minimum Gasteiger partial charge on any atom is -0.478 e. The molecule has 5 heteroatoms. The lowest BCUT2D eigenvalue weighted by molar-refractivity contribution is -0.163. The molecule has 0 aliphatic heterocycles. The third-order valence-corrected chi connectivity index (χ3v) is 3.75. The van der Waals surface area contributed by atoms with Crippen LogP contribution in [-0.4, -0.2) is 26.8 Å². The van der Waals surface area contributed by atoms with Crippen LogP contribution in [0.25, 0.3) is 10.9 Å². The third kappa shape index (κ3) is 2.00. The van der Waals surface area contributed by atoms with Crippen LogP contribution in [0.2, 0.25) is 0 Å². The minimum atomic E-state index is -1.13. The highest BCUT2D eigenvalue weighted by molar-refractivity contribution is 5.86. The molecule has 0 atom stereocenters. The van der Waals surface area contributed by atoms with Crippen LogP contribution in [0.4, 0.5) is 0 Å². The fraction of sp³-hybridized carbons (Fsp3) is 0.333. The number of fused-ring (bicyclic) bond motifs is 1. The van der Waals surface area contributed by atoms with Crippen LogP contribution in [-0.2, 0) is 11.4 Å². The van der Waals surface area contributed by atoms with Gasteiger partial charge in [-0.1, -0.05) is 12.1 Å². The average molecular weight is 273 g/mol. The number of carboxylic acid groups (broad SMARTS) is 1. The highest BCUT2D eigenvalue weighted by Crippen LogP contribution is 2.39. The minimum absolute atomic E-state index is 0.207. The molecule has 0 spiro atoms. The molecule has 0 saturated heterocycles. The van der Waals surface area contributed by atoms with Crippen molar-refractivity contribution in [3.8, 4) is 5.75 Å². The van der Waals surface area contributed by atoms with Crippen LogP contribution in [0.1, 0.15) is 25.0 Å². The summed E-state index contributed by atoms with van der Waals surface area (Å²) in [5.74, 6) is -0.461. The largest absolute Gasteiger partial charge is 0.478 e. The molecule has 3 rings (SSSR count). The molecule has 20 heavy (non-hydrogen) atoms. The van der Waals surface area contributed by atoms with Crippen molar-refractivity contribution in [2.45, 2.75) is 31.5 Å². The molecule has 2 N–H and O–H groups in total. The fourth-order valence-electron chi connectivity index (χ4n) is 2.43. The molecule has 1 saturated carbocycles. The predicted molar refractivity (Wildman–Crippen MR) is 72.5 cm³/mol. The van der Waals surface area contributed by atoms with E-state index in [1.165, 1.54) is 0 Å². The summed E-state index contributed by atoms with van der Waals surface area (Å²) in [6.07, 6.45) is 1.86. The number of hydrogen-bond acceptors (Lipinski definition) is 4. The quantitative estimate of drug-likeness (QED) is 0.891. The van der Waals surface area contributed by atoms with Gasteiger partial charge in [-0.3, -0.25) is 4.98 Å². The van der Waals surface area contributed by atoms with E-state index < -0.39 is 11.6 Å². The predicted octanol–water partition coefficient (Wildman–Crippen LogP) is 2.11. The van der Waals surface area contributed by atoms with Crippen LogP contribution in [0.5, 0.6) is 5.75 Å². The van der Waals surface area contributed by atoms with E-state index in [0.29, 0.717) is 29.8 Å². The lowest BCUT2D eigenvalue weighted by atomic mass is 9.80. The smallest absolute Gasteiger partial charge is 0.348 e. The fourth-order valence-corrected chi connectivity index (χ4v) is 2.43. The second-order valence-electron chi connectivity index (χ2n) is 5.04. The standard InChI is InChI=1S/C15H15NO4/c17-9-10-8-13(11-4-1-2-5-12(11)16-10)20-15(14(18)19)6-3-7-15/h1-2,4-5,8,17H,3,6-7,9H2,(H,18,19). The number of ether oxygens (including phenoxy) is 1. The molecular formula is C15H15NO4. The molecule has 1 heterocycles. The summed E-state index contributed by atoms with van der Waals surface area (Å²) < 4.78 is 5.80. The number of aliphatic hydroxyl groups excluding tert-OH is 1. The normalized spacial score (nSPS) is 16.6. The zero-order valence-corrected chi connectivity index (χ0v) is 10.9. The number of benzene rings is 1. The Labute approximate surface area is 115 Å². The number of hydrogen-bond donors (Lipinski definition) is 2. The molecule has 1 fully saturated rings. The summed E-state index contributed by atoms with van der Waals surface area (Å²) in [6.45, 7) is -0.207. The van der Waals surface area contributed by atoms with Gasteiger partial charge in [0.2, 0.25) is 5.60 Å². The third-order valence-electron chi connectivity index (χ3n) is 3.75. The van der Waals surface area contributed by atoms with Gasteiger partial charge in [0.25, 0.3) is 0 Å². The maximum atomic E-state index is 11.4. The number of para-hydroxylation sites is 1. The Bertz CT molecular complexity index is 664. The number of aliphatic hydroxyl groups is 1. The van der Waals surface area contributed by atoms with E-state index in [9.17, 15) is 15.0 Å². The number of pyridine rings is 1. The van der Waals surface area contributed by atoms with Gasteiger partial charge in [-0.25, -0.2) is 4.79 Å². The van der Waals surface area contributed by atoms with Gasteiger partial charge in [-0.05, 0) is 31.4 Å². The van der Waals surface area contributed by atoms with Crippen LogP contribution in [0.15, 0.2) is 30.3 Å². The van der Waals surface area contributed by atoms with Gasteiger partial charge in [0.15, 0.2) is 0 Å². The van der Waals surface area contributed by atoms with E-state index in [1.54, 1.807) is 6.07 Å². The highest BCUT2D eigenvalue weighted by Gasteiger charge is 2.47. The molecule has 1 aliphatic rings. The van der Waals surface area contributed by atoms with Crippen molar-refractivity contribution in [2.75, 3.05) is 0 Å². The Morgan fingerprint density at radius 2 is 2.10 bits per heavy atom. The maximum Gasteiger partial charge on any atom is 0.348 e. The van der Waals surface area contributed by atoms with Gasteiger partial charge in [0, 0.05) is 11.5 Å². The van der Waals surface area contributed by atoms with E-state index in [2.05, 4.69) is 4.98 Å². The van der Waals surface area contributed by atoms with Gasteiger partial charge in [0.1, 0.15) is 5.75 Å². The lowest BCUT2D eigenvalue weighted by Crippen LogP contribution is -2.50. The molecule has 104 valence electrons. The van der Waals surface area contributed by atoms with Gasteiger partial charge in [0.05, 0.1) is 17.8 Å². The number of nitrogens with zero attached hydrogens (tertiary/aromatic N) is 1. The van der Waals surface area contributed by atoms with Gasteiger partial charge in [-0.2, -0.15) is 0 Å². The van der Waals surface area contributed by atoms with E-state index in [0.717, 1.165) is 11.8 Å². The first-order valence-corrected chi connectivity index (χ1v) is 6.56. The van der Waals surface area contributed by atoms with Gasteiger partial charge >= 0.3 is 5.97 Å². The molecule has 2 aromatic rings. The van der Waals surface area contributed by atoms with E-state index in [1.807, 2.05) is 24.3 Å². The highest BCUT2D eigenvalue weighted by atomic mass is 16.5. The zero-order valence-electron chi connectivity index (χ0n) is 10.9. The molecular weight excluding hydrogens is 258 g/mol. The Hall–Kier alpha value is -2.14. The first-order valence-electron chi connectivity index (χ1n) is 6.56. The second kappa shape index (κ2) is 4.76. The molecule has 1 aliphatic carbocycles. The van der Waals surface area contributed by atoms with Gasteiger partial charge < -0.3 is 14.9 Å². The lowest BCUT2D eigenvalue weighted by Gasteiger charge is -2.38. The topological polar surface area (TPSA) is 79.7 Å². The second-order valence-corrected chi connectivity index (χ2v) is 5.04. The maximum absolute atomic E-state index is 11.4. The van der Waals surface area contributed by atoms with E-state index in [4.69, 9.17) is 4.74 Å². The van der Waals surface area contributed by atoms with Crippen LogP contribution < -0.4 is 4.74 Å². The summed E-state index contributed by atoms with van der Waals surface area (Å²) in [4.78, 5) is 15.7. The Balaban J connectivity index is 2.08. The van der Waals surface area contributed by atoms with Crippen molar-refractivity contribution >= 4 is 16.9 Å². The molecule has 1 aromatic carbocycles. The number of aliphatic carboxylic acids is 1. The molecule has 0 bridgehead atoms. The number of rotatable bonds is 4. The molecule has 5 nitrogen and oxygen atoms in total. The van der Waals surface area contributed by atoms with Crippen LogP contribution in [0, 0.1) is 0 Å². The summed E-state index contributed by atoms with van der Waals surface area (Å²) in [7, 11) is 0. The van der Waals surface area contributed by atoms with Crippen molar-refractivity contribution < 1.29 is 19.7 Å². The monoisotopic (exact) mass is 273 g/mol. The van der Waals surface area contributed by atoms with Crippen molar-refractivity contribution in [3.63, 3.8) is 0 Å². The van der Waals surface area contributed by atoms with Crippen LogP contribution in [0.3, 0.4) is 0 Å². The SMILES string of the molecule is O=C(O)C1(Oc2cc(CO)nc3ccccc23)CCC1. The first-order chi connectivity index (χ1) is 9.64.